The third-order valence-electron chi connectivity index (χ3n) is 5.36. The van der Waals surface area contributed by atoms with E-state index >= 15 is 0 Å². The van der Waals surface area contributed by atoms with E-state index < -0.39 is 5.97 Å². The molecule has 0 aliphatic carbocycles. The highest BCUT2D eigenvalue weighted by Crippen LogP contribution is 2.36. The highest BCUT2D eigenvalue weighted by atomic mass is 32.2. The summed E-state index contributed by atoms with van der Waals surface area (Å²) < 4.78 is 7.28. The zero-order chi connectivity index (χ0) is 24.8. The number of thioether (sulfide) groups is 1. The molecule has 2 heterocycles. The van der Waals surface area contributed by atoms with Crippen molar-refractivity contribution in [3.8, 4) is 22.5 Å². The monoisotopic (exact) mass is 506 g/mol. The normalized spacial score (nSPS) is 10.8. The molecular formula is C26H26N4O3S2. The van der Waals surface area contributed by atoms with Crippen LogP contribution in [0, 0.1) is 6.92 Å². The van der Waals surface area contributed by atoms with Crippen molar-refractivity contribution in [2.24, 2.45) is 0 Å². The number of thiophene rings is 1. The van der Waals surface area contributed by atoms with Crippen molar-refractivity contribution >= 4 is 40.0 Å². The number of nitrogens with zero attached hydrogens (tertiary/aromatic N) is 3. The molecule has 9 heteroatoms. The van der Waals surface area contributed by atoms with Crippen LogP contribution >= 0.6 is 23.1 Å². The number of aryl methyl sites for hydroxylation is 1. The van der Waals surface area contributed by atoms with E-state index in [4.69, 9.17) is 4.74 Å². The molecule has 0 unspecified atom stereocenters. The molecule has 0 saturated carbocycles. The van der Waals surface area contributed by atoms with Crippen LogP contribution in [0.1, 0.15) is 29.8 Å². The number of rotatable bonds is 9. The topological polar surface area (TPSA) is 86.1 Å². The summed E-state index contributed by atoms with van der Waals surface area (Å²) in [5.41, 5.74) is 4.14. The van der Waals surface area contributed by atoms with E-state index in [0.29, 0.717) is 22.3 Å². The van der Waals surface area contributed by atoms with Gasteiger partial charge in [0.05, 0.1) is 12.4 Å². The number of nitrogens with one attached hydrogen (secondary N) is 1. The number of amides is 1. The van der Waals surface area contributed by atoms with E-state index in [2.05, 4.69) is 15.5 Å². The van der Waals surface area contributed by atoms with Crippen LogP contribution < -0.4 is 5.32 Å². The standard InChI is InChI=1S/C26H26N4O3S2/c1-4-30-23(19-14-10-9-11-17(19)3)28-29-26(30)35-16-21(31)27-24-22(25(32)33-5-2)20(15-34-24)18-12-7-6-8-13-18/h6-15H,4-5,16H2,1-3H3,(H,27,31). The molecule has 2 aromatic carbocycles. The summed E-state index contributed by atoms with van der Waals surface area (Å²) >= 11 is 2.62. The van der Waals surface area contributed by atoms with Crippen LogP contribution in [0.25, 0.3) is 22.5 Å². The van der Waals surface area contributed by atoms with Crippen molar-refractivity contribution in [2.45, 2.75) is 32.5 Å². The van der Waals surface area contributed by atoms with Gasteiger partial charge in [-0.25, -0.2) is 4.79 Å². The maximum atomic E-state index is 12.9. The fraction of sp³-hybridized carbons (Fsp3) is 0.231. The molecule has 0 atom stereocenters. The molecule has 1 N–H and O–H groups in total. The maximum Gasteiger partial charge on any atom is 0.341 e. The van der Waals surface area contributed by atoms with Crippen molar-refractivity contribution in [3.63, 3.8) is 0 Å². The van der Waals surface area contributed by atoms with Gasteiger partial charge < -0.3 is 14.6 Å². The molecule has 1 amide bonds. The number of esters is 1. The molecule has 7 nitrogen and oxygen atoms in total. The summed E-state index contributed by atoms with van der Waals surface area (Å²) in [5, 5.41) is 14.6. The number of aromatic nitrogens is 3. The van der Waals surface area contributed by atoms with Crippen LogP contribution in [0.15, 0.2) is 65.1 Å². The lowest BCUT2D eigenvalue weighted by Crippen LogP contribution is -2.16. The molecule has 0 aliphatic heterocycles. The summed E-state index contributed by atoms with van der Waals surface area (Å²) in [6, 6.07) is 17.6. The minimum Gasteiger partial charge on any atom is -0.462 e. The Morgan fingerprint density at radius 3 is 2.49 bits per heavy atom. The first-order valence-corrected chi connectivity index (χ1v) is 13.2. The lowest BCUT2D eigenvalue weighted by molar-refractivity contribution is -0.113. The van der Waals surface area contributed by atoms with Crippen molar-refractivity contribution in [3.05, 3.63) is 71.1 Å². The Morgan fingerprint density at radius 2 is 1.77 bits per heavy atom. The number of hydrogen-bond acceptors (Lipinski definition) is 7. The first kappa shape index (κ1) is 24.7. The Bertz CT molecular complexity index is 1330. The largest absolute Gasteiger partial charge is 0.462 e. The van der Waals surface area contributed by atoms with Gasteiger partial charge in [0.15, 0.2) is 11.0 Å². The SMILES string of the molecule is CCOC(=O)c1c(-c2ccccc2)csc1NC(=O)CSc1nnc(-c2ccccc2C)n1CC. The highest BCUT2D eigenvalue weighted by Gasteiger charge is 2.23. The average Bonchev–Trinajstić information content (AvgIpc) is 3.47. The molecule has 0 radical (unpaired) electrons. The number of carbonyl (C=O) groups excluding carboxylic acids is 2. The van der Waals surface area contributed by atoms with E-state index in [1.807, 2.05) is 78.4 Å². The van der Waals surface area contributed by atoms with Gasteiger partial charge in [0, 0.05) is 23.1 Å². The van der Waals surface area contributed by atoms with Crippen LogP contribution in [0.5, 0.6) is 0 Å². The maximum absolute atomic E-state index is 12.9. The molecule has 4 rings (SSSR count). The minimum absolute atomic E-state index is 0.132. The van der Waals surface area contributed by atoms with Gasteiger partial charge in [-0.1, -0.05) is 66.4 Å². The fourth-order valence-corrected chi connectivity index (χ4v) is 5.46. The van der Waals surface area contributed by atoms with Gasteiger partial charge in [0.2, 0.25) is 5.91 Å². The molecule has 0 spiro atoms. The molecular weight excluding hydrogens is 480 g/mol. The Hall–Kier alpha value is -3.43. The van der Waals surface area contributed by atoms with Crippen LogP contribution in [0.3, 0.4) is 0 Å². The highest BCUT2D eigenvalue weighted by molar-refractivity contribution is 7.99. The Labute approximate surface area is 212 Å². The molecule has 2 aromatic heterocycles. The molecule has 180 valence electrons. The number of carbonyl (C=O) groups is 2. The van der Waals surface area contributed by atoms with Gasteiger partial charge >= 0.3 is 5.97 Å². The summed E-state index contributed by atoms with van der Waals surface area (Å²) in [4.78, 5) is 25.6. The third kappa shape index (κ3) is 5.47. The van der Waals surface area contributed by atoms with Crippen LogP contribution in [0.4, 0.5) is 5.00 Å². The van der Waals surface area contributed by atoms with E-state index in [-0.39, 0.29) is 18.3 Å². The van der Waals surface area contributed by atoms with Gasteiger partial charge in [-0.2, -0.15) is 0 Å². The summed E-state index contributed by atoms with van der Waals surface area (Å²) in [5.74, 6) is 0.227. The first-order valence-electron chi connectivity index (χ1n) is 11.3. The first-order chi connectivity index (χ1) is 17.0. The van der Waals surface area contributed by atoms with Crippen molar-refractivity contribution in [2.75, 3.05) is 17.7 Å². The molecule has 0 bridgehead atoms. The van der Waals surface area contributed by atoms with Crippen LogP contribution in [-0.2, 0) is 16.1 Å². The Balaban J connectivity index is 1.51. The second-order valence-corrected chi connectivity index (χ2v) is 9.46. The van der Waals surface area contributed by atoms with E-state index in [1.54, 1.807) is 6.92 Å². The van der Waals surface area contributed by atoms with E-state index in [9.17, 15) is 9.59 Å². The average molecular weight is 507 g/mol. The van der Waals surface area contributed by atoms with E-state index in [0.717, 1.165) is 28.1 Å². The predicted octanol–water partition coefficient (Wildman–Crippen LogP) is 5.91. The fourth-order valence-electron chi connectivity index (χ4n) is 3.68. The zero-order valence-corrected chi connectivity index (χ0v) is 21.4. The second kappa shape index (κ2) is 11.3. The third-order valence-corrected chi connectivity index (χ3v) is 7.22. The van der Waals surface area contributed by atoms with Crippen molar-refractivity contribution in [1.29, 1.82) is 0 Å². The molecule has 0 fully saturated rings. The lowest BCUT2D eigenvalue weighted by Gasteiger charge is -2.10. The van der Waals surface area contributed by atoms with Crippen molar-refractivity contribution < 1.29 is 14.3 Å². The lowest BCUT2D eigenvalue weighted by atomic mass is 10.0. The Kier molecular flexibility index (Phi) is 7.99. The van der Waals surface area contributed by atoms with Crippen LogP contribution in [-0.4, -0.2) is 39.0 Å². The Morgan fingerprint density at radius 1 is 1.03 bits per heavy atom. The van der Waals surface area contributed by atoms with Gasteiger partial charge in [-0.3, -0.25) is 4.79 Å². The summed E-state index contributed by atoms with van der Waals surface area (Å²) in [6.45, 7) is 6.76. The van der Waals surface area contributed by atoms with Gasteiger partial charge in [0.25, 0.3) is 0 Å². The minimum atomic E-state index is -0.454. The van der Waals surface area contributed by atoms with Crippen molar-refractivity contribution in [1.82, 2.24) is 14.8 Å². The summed E-state index contributed by atoms with van der Waals surface area (Å²) in [6.07, 6.45) is 0. The second-order valence-electron chi connectivity index (χ2n) is 7.64. The van der Waals surface area contributed by atoms with Crippen LogP contribution in [0.2, 0.25) is 0 Å². The molecule has 4 aromatic rings. The van der Waals surface area contributed by atoms with Gasteiger partial charge in [-0.05, 0) is 31.9 Å². The zero-order valence-electron chi connectivity index (χ0n) is 19.8. The smallest absolute Gasteiger partial charge is 0.341 e. The molecule has 35 heavy (non-hydrogen) atoms. The predicted molar refractivity (Wildman–Crippen MR) is 141 cm³/mol. The summed E-state index contributed by atoms with van der Waals surface area (Å²) in [7, 11) is 0. The molecule has 0 saturated heterocycles. The molecule has 0 aliphatic rings. The number of ether oxygens (including phenoxy) is 1. The van der Waals surface area contributed by atoms with Gasteiger partial charge in [0.1, 0.15) is 10.6 Å². The number of hydrogen-bond donors (Lipinski definition) is 1. The van der Waals surface area contributed by atoms with Gasteiger partial charge in [-0.15, -0.1) is 21.5 Å². The number of anilines is 1. The quantitative estimate of drug-likeness (QED) is 0.224. The van der Waals surface area contributed by atoms with E-state index in [1.165, 1.54) is 23.1 Å². The number of benzene rings is 2.